The van der Waals surface area contributed by atoms with E-state index in [1.807, 2.05) is 25.1 Å². The third-order valence-electron chi connectivity index (χ3n) is 2.36. The molecule has 17 heavy (non-hydrogen) atoms. The quantitative estimate of drug-likeness (QED) is 0.635. The molecule has 0 aliphatic rings. The number of aldehydes is 1. The first kappa shape index (κ1) is 11.4. The van der Waals surface area contributed by atoms with Crippen LogP contribution in [-0.2, 0) is 0 Å². The summed E-state index contributed by atoms with van der Waals surface area (Å²) in [5, 5.41) is 3.10. The van der Waals surface area contributed by atoms with Crippen LogP contribution in [0.1, 0.15) is 15.9 Å². The fraction of sp³-hybridized carbons (Fsp3) is 0.0769. The van der Waals surface area contributed by atoms with E-state index in [1.165, 1.54) is 0 Å². The number of aryl methyl sites for hydroxylation is 1. The Bertz CT molecular complexity index is 538. The number of rotatable bonds is 3. The van der Waals surface area contributed by atoms with Crippen LogP contribution in [-0.4, -0.2) is 19.1 Å². The van der Waals surface area contributed by atoms with Gasteiger partial charge in [0.15, 0.2) is 0 Å². The molecule has 0 amide bonds. The van der Waals surface area contributed by atoms with Crippen LogP contribution in [0.2, 0.25) is 0 Å². The van der Waals surface area contributed by atoms with E-state index in [2.05, 4.69) is 10.3 Å². The Morgan fingerprint density at radius 1 is 1.29 bits per heavy atom. The second kappa shape index (κ2) is 4.83. The zero-order chi connectivity index (χ0) is 12.3. The van der Waals surface area contributed by atoms with Gasteiger partial charge in [0.25, 0.3) is 0 Å². The van der Waals surface area contributed by atoms with Crippen molar-refractivity contribution in [3.63, 3.8) is 0 Å². The highest BCUT2D eigenvalue weighted by atomic mass is 16.1. The fourth-order valence-electron chi connectivity index (χ4n) is 1.48. The average molecular weight is 222 g/mol. The van der Waals surface area contributed by atoms with Crippen molar-refractivity contribution in [1.82, 2.24) is 4.98 Å². The molecule has 1 N–H and O–H groups in total. The number of hydrogen-bond donors (Lipinski definition) is 1. The van der Waals surface area contributed by atoms with Gasteiger partial charge in [0, 0.05) is 17.4 Å². The molecule has 2 radical (unpaired) electrons. The lowest BCUT2D eigenvalue weighted by molar-refractivity contribution is 0.112. The van der Waals surface area contributed by atoms with Gasteiger partial charge in [-0.1, -0.05) is 11.5 Å². The Morgan fingerprint density at radius 3 is 2.59 bits per heavy atom. The molecule has 0 unspecified atom stereocenters. The first-order valence-corrected chi connectivity index (χ1v) is 5.23. The Morgan fingerprint density at radius 2 is 2.00 bits per heavy atom. The predicted molar refractivity (Wildman–Crippen MR) is 69.5 cm³/mol. The molecule has 0 bridgehead atoms. The van der Waals surface area contributed by atoms with E-state index in [-0.39, 0.29) is 0 Å². The van der Waals surface area contributed by atoms with E-state index >= 15 is 0 Å². The summed E-state index contributed by atoms with van der Waals surface area (Å²) in [4.78, 5) is 14.7. The third kappa shape index (κ3) is 2.72. The van der Waals surface area contributed by atoms with E-state index in [1.54, 1.807) is 18.3 Å². The molecule has 0 spiro atoms. The largest absolute Gasteiger partial charge is 0.341 e. The Hall–Kier alpha value is -2.10. The van der Waals surface area contributed by atoms with Gasteiger partial charge in [0.1, 0.15) is 20.0 Å². The maximum absolute atomic E-state index is 10.5. The number of benzene rings is 1. The lowest BCUT2D eigenvalue weighted by Crippen LogP contribution is -2.12. The molecule has 0 aliphatic heterocycles. The summed E-state index contributed by atoms with van der Waals surface area (Å²) >= 11 is 0. The molecule has 0 saturated heterocycles. The molecular formula is C13H11BN2O. The molecule has 0 aliphatic carbocycles. The molecule has 4 heteroatoms. The number of nitrogens with zero attached hydrogens (tertiary/aromatic N) is 1. The van der Waals surface area contributed by atoms with E-state index < -0.39 is 0 Å². The third-order valence-corrected chi connectivity index (χ3v) is 2.36. The normalized spacial score (nSPS) is 9.94. The minimum atomic E-state index is 0.601. The molecule has 2 rings (SSSR count). The van der Waals surface area contributed by atoms with Crippen molar-refractivity contribution in [2.24, 2.45) is 0 Å². The lowest BCUT2D eigenvalue weighted by Gasteiger charge is -2.09. The van der Waals surface area contributed by atoms with Gasteiger partial charge in [-0.3, -0.25) is 4.79 Å². The molecule has 0 fully saturated rings. The van der Waals surface area contributed by atoms with Crippen molar-refractivity contribution < 1.29 is 4.79 Å². The summed E-state index contributed by atoms with van der Waals surface area (Å²) in [6.45, 7) is 1.94. The number of hydrogen-bond acceptors (Lipinski definition) is 3. The predicted octanol–water partition coefficient (Wildman–Crippen LogP) is 1.74. The van der Waals surface area contributed by atoms with Gasteiger partial charge < -0.3 is 5.32 Å². The number of carbonyl (C=O) groups excluding carboxylic acids is 1. The van der Waals surface area contributed by atoms with Crippen molar-refractivity contribution in [2.75, 3.05) is 5.32 Å². The Balaban J connectivity index is 2.22. The van der Waals surface area contributed by atoms with Crippen LogP contribution in [0.4, 0.5) is 11.5 Å². The van der Waals surface area contributed by atoms with Crippen molar-refractivity contribution in [3.05, 3.63) is 47.7 Å². The van der Waals surface area contributed by atoms with Gasteiger partial charge >= 0.3 is 0 Å². The highest BCUT2D eigenvalue weighted by Crippen LogP contribution is 2.13. The van der Waals surface area contributed by atoms with E-state index in [0.29, 0.717) is 16.8 Å². The summed E-state index contributed by atoms with van der Waals surface area (Å²) in [6.07, 6.45) is 2.56. The summed E-state index contributed by atoms with van der Waals surface area (Å²) < 4.78 is 0. The number of aromatic nitrogens is 1. The number of anilines is 2. The Kier molecular flexibility index (Phi) is 3.23. The monoisotopic (exact) mass is 222 g/mol. The van der Waals surface area contributed by atoms with Crippen LogP contribution in [0.15, 0.2) is 36.5 Å². The topological polar surface area (TPSA) is 42.0 Å². The molecule has 1 aromatic heterocycles. The molecule has 1 heterocycles. The smallest absolute Gasteiger partial charge is 0.150 e. The van der Waals surface area contributed by atoms with Crippen LogP contribution in [0.5, 0.6) is 0 Å². The standard InChI is InChI=1S/C13H11BN2O/c1-9-6-12(14)13(15-7-9)16-11-4-2-10(8-17)3-5-11/h2-8H,1H3,(H,15,16). The van der Waals surface area contributed by atoms with E-state index in [9.17, 15) is 4.79 Å². The first-order chi connectivity index (χ1) is 8.19. The van der Waals surface area contributed by atoms with Crippen molar-refractivity contribution in [2.45, 2.75) is 6.92 Å². The summed E-state index contributed by atoms with van der Waals surface area (Å²) in [5.74, 6) is 0.620. The number of nitrogens with one attached hydrogen (secondary N) is 1. The first-order valence-electron chi connectivity index (χ1n) is 5.23. The molecule has 1 aromatic carbocycles. The molecule has 2 aromatic rings. The van der Waals surface area contributed by atoms with Gasteiger partial charge in [0.2, 0.25) is 0 Å². The van der Waals surface area contributed by atoms with Crippen LogP contribution >= 0.6 is 0 Å². The number of pyridine rings is 1. The van der Waals surface area contributed by atoms with Crippen LogP contribution in [0, 0.1) is 6.92 Å². The molecule has 0 atom stereocenters. The molecule has 0 saturated carbocycles. The van der Waals surface area contributed by atoms with Gasteiger partial charge in [-0.05, 0) is 36.8 Å². The summed E-state index contributed by atoms with van der Waals surface area (Å²) in [6, 6.07) is 8.95. The van der Waals surface area contributed by atoms with Gasteiger partial charge in [-0.25, -0.2) is 4.98 Å². The average Bonchev–Trinajstić information content (AvgIpc) is 2.34. The second-order valence-electron chi connectivity index (χ2n) is 3.82. The van der Waals surface area contributed by atoms with Crippen LogP contribution < -0.4 is 10.8 Å². The zero-order valence-corrected chi connectivity index (χ0v) is 9.47. The molecular weight excluding hydrogens is 211 g/mol. The minimum Gasteiger partial charge on any atom is -0.341 e. The van der Waals surface area contributed by atoms with Crippen molar-refractivity contribution in [3.8, 4) is 0 Å². The maximum Gasteiger partial charge on any atom is 0.150 e. The molecule has 3 nitrogen and oxygen atoms in total. The second-order valence-corrected chi connectivity index (χ2v) is 3.82. The maximum atomic E-state index is 10.5. The highest BCUT2D eigenvalue weighted by Gasteiger charge is 2.00. The minimum absolute atomic E-state index is 0.601. The lowest BCUT2D eigenvalue weighted by atomic mass is 9.95. The van der Waals surface area contributed by atoms with Crippen molar-refractivity contribution in [1.29, 1.82) is 0 Å². The number of carbonyl (C=O) groups is 1. The Labute approximate surface area is 101 Å². The summed E-state index contributed by atoms with van der Waals surface area (Å²) in [5.41, 5.74) is 3.10. The highest BCUT2D eigenvalue weighted by molar-refractivity contribution is 6.35. The fourth-order valence-corrected chi connectivity index (χ4v) is 1.48. The van der Waals surface area contributed by atoms with Crippen molar-refractivity contribution >= 4 is 31.1 Å². The van der Waals surface area contributed by atoms with Crippen LogP contribution in [0.25, 0.3) is 0 Å². The van der Waals surface area contributed by atoms with Crippen LogP contribution in [0.3, 0.4) is 0 Å². The van der Waals surface area contributed by atoms with Gasteiger partial charge in [0.05, 0.1) is 0 Å². The SMILES string of the molecule is [B]c1cc(C)cnc1Nc1ccc(C=O)cc1. The molecule has 82 valence electrons. The zero-order valence-electron chi connectivity index (χ0n) is 9.47. The van der Waals surface area contributed by atoms with E-state index in [4.69, 9.17) is 7.85 Å². The summed E-state index contributed by atoms with van der Waals surface area (Å²) in [7, 11) is 5.84. The van der Waals surface area contributed by atoms with E-state index in [0.717, 1.165) is 17.5 Å². The van der Waals surface area contributed by atoms with Gasteiger partial charge in [-0.15, -0.1) is 0 Å². The van der Waals surface area contributed by atoms with Gasteiger partial charge in [-0.2, -0.15) is 0 Å².